The molecule has 0 aromatic rings. The van der Waals surface area contributed by atoms with Crippen molar-refractivity contribution in [3.05, 3.63) is 0 Å². The van der Waals surface area contributed by atoms with Gasteiger partial charge in [0.2, 0.25) is 0 Å². The molecule has 2 fully saturated rings. The van der Waals surface area contributed by atoms with E-state index in [1.54, 1.807) is 27.7 Å². The summed E-state index contributed by atoms with van der Waals surface area (Å²) < 4.78 is 16.2. The quantitative estimate of drug-likeness (QED) is 0.720. The number of carbonyl (C=O) groups is 2. The molecule has 20 heavy (non-hydrogen) atoms. The molecule has 0 aromatic heterocycles. The van der Waals surface area contributed by atoms with Crippen LogP contribution in [-0.4, -0.2) is 54.0 Å². The van der Waals surface area contributed by atoms with E-state index in [0.29, 0.717) is 0 Å². The average molecular weight is 285 g/mol. The van der Waals surface area contributed by atoms with Crippen LogP contribution in [0.2, 0.25) is 0 Å². The lowest BCUT2D eigenvalue weighted by Crippen LogP contribution is -2.64. The molecule has 2 aliphatic heterocycles. The third-order valence-electron chi connectivity index (χ3n) is 4.41. The molecule has 0 aromatic carbocycles. The van der Waals surface area contributed by atoms with E-state index in [0.717, 1.165) is 19.4 Å². The van der Waals surface area contributed by atoms with E-state index >= 15 is 0 Å². The second-order valence-corrected chi connectivity index (χ2v) is 5.45. The Labute approximate surface area is 119 Å². The molecule has 2 rings (SSSR count). The van der Waals surface area contributed by atoms with Crippen molar-refractivity contribution in [3.63, 3.8) is 0 Å². The van der Waals surface area contributed by atoms with Gasteiger partial charge in [-0.25, -0.2) is 9.59 Å². The van der Waals surface area contributed by atoms with Gasteiger partial charge in [-0.05, 0) is 40.5 Å². The minimum absolute atomic E-state index is 0.223. The van der Waals surface area contributed by atoms with Crippen molar-refractivity contribution in [1.82, 2.24) is 4.90 Å². The van der Waals surface area contributed by atoms with Gasteiger partial charge in [-0.3, -0.25) is 4.90 Å². The zero-order valence-electron chi connectivity index (χ0n) is 12.6. The Morgan fingerprint density at radius 1 is 1.20 bits per heavy atom. The molecule has 0 amide bonds. The molecule has 2 saturated heterocycles. The molecule has 0 spiro atoms. The highest BCUT2D eigenvalue weighted by Crippen LogP contribution is 2.47. The number of rotatable bonds is 4. The summed E-state index contributed by atoms with van der Waals surface area (Å²) in [6.45, 7) is 8.06. The average Bonchev–Trinajstić information content (AvgIpc) is 2.93. The summed E-state index contributed by atoms with van der Waals surface area (Å²) in [7, 11) is 0. The van der Waals surface area contributed by atoms with Crippen LogP contribution in [0.1, 0.15) is 40.5 Å². The summed E-state index contributed by atoms with van der Waals surface area (Å²) in [6.07, 6.45) is 1.53. The Morgan fingerprint density at radius 3 is 2.40 bits per heavy atom. The lowest BCUT2D eigenvalue weighted by atomic mass is 9.82. The van der Waals surface area contributed by atoms with Crippen LogP contribution in [0.25, 0.3) is 0 Å². The molecule has 3 unspecified atom stereocenters. The Bertz CT molecular complexity index is 412. The Morgan fingerprint density at radius 2 is 1.80 bits per heavy atom. The molecule has 114 valence electrons. The summed E-state index contributed by atoms with van der Waals surface area (Å²) in [5.41, 5.74) is -2.48. The fourth-order valence-electron chi connectivity index (χ4n) is 3.13. The van der Waals surface area contributed by atoms with E-state index < -0.39 is 23.1 Å². The van der Waals surface area contributed by atoms with Crippen molar-refractivity contribution < 1.29 is 23.8 Å². The maximum Gasteiger partial charge on any atom is 0.340 e. The summed E-state index contributed by atoms with van der Waals surface area (Å²) >= 11 is 0. The summed E-state index contributed by atoms with van der Waals surface area (Å²) in [5, 5.41) is 0. The lowest BCUT2D eigenvalue weighted by Gasteiger charge is -2.38. The molecule has 0 saturated carbocycles. The third kappa shape index (κ3) is 1.93. The van der Waals surface area contributed by atoms with Gasteiger partial charge in [0.15, 0.2) is 11.1 Å². The van der Waals surface area contributed by atoms with Crippen molar-refractivity contribution in [2.75, 3.05) is 19.8 Å². The molecular weight excluding hydrogens is 262 g/mol. The van der Waals surface area contributed by atoms with E-state index in [-0.39, 0.29) is 19.4 Å². The van der Waals surface area contributed by atoms with Gasteiger partial charge in [-0.2, -0.15) is 0 Å². The zero-order valence-corrected chi connectivity index (χ0v) is 12.6. The maximum atomic E-state index is 12.5. The Kier molecular flexibility index (Phi) is 4.07. The number of hydrogen-bond acceptors (Lipinski definition) is 6. The first kappa shape index (κ1) is 15.3. The number of fused-ring (bicyclic) bond motifs is 1. The third-order valence-corrected chi connectivity index (χ3v) is 4.41. The Balaban J connectivity index is 2.39. The van der Waals surface area contributed by atoms with Gasteiger partial charge >= 0.3 is 11.9 Å². The van der Waals surface area contributed by atoms with Crippen LogP contribution in [0.15, 0.2) is 0 Å². The van der Waals surface area contributed by atoms with Gasteiger partial charge < -0.3 is 14.2 Å². The first-order valence-corrected chi connectivity index (χ1v) is 7.20. The van der Waals surface area contributed by atoms with Crippen LogP contribution >= 0.6 is 0 Å². The smallest absolute Gasteiger partial charge is 0.340 e. The number of esters is 2. The van der Waals surface area contributed by atoms with Gasteiger partial charge in [0.25, 0.3) is 0 Å². The van der Waals surface area contributed by atoms with Crippen LogP contribution in [0.5, 0.6) is 0 Å². The molecule has 6 heteroatoms. The molecule has 0 bridgehead atoms. The van der Waals surface area contributed by atoms with Crippen molar-refractivity contribution >= 4 is 11.9 Å². The van der Waals surface area contributed by atoms with Gasteiger partial charge in [-0.1, -0.05) is 0 Å². The molecular formula is C14H23NO5. The second-order valence-electron chi connectivity index (χ2n) is 5.45. The topological polar surface area (TPSA) is 65.1 Å². The van der Waals surface area contributed by atoms with Gasteiger partial charge in [0.1, 0.15) is 6.23 Å². The van der Waals surface area contributed by atoms with Crippen LogP contribution in [0.3, 0.4) is 0 Å². The standard InChI is InChI=1S/C14H23NO5/c1-5-18-11(16)13(3)14(4,12(17)19-6-2)20-10-8-7-9-15(10)13/h10H,5-9H2,1-4H3. The minimum Gasteiger partial charge on any atom is -0.465 e. The molecule has 2 aliphatic rings. The summed E-state index contributed by atoms with van der Waals surface area (Å²) in [4.78, 5) is 26.8. The van der Waals surface area contributed by atoms with Crippen molar-refractivity contribution in [1.29, 1.82) is 0 Å². The SMILES string of the molecule is CCOC(=O)C1(C)OC2CCCN2C1(C)C(=O)OCC. The number of ether oxygens (including phenoxy) is 3. The lowest BCUT2D eigenvalue weighted by molar-refractivity contribution is -0.181. The molecule has 0 aliphatic carbocycles. The van der Waals surface area contributed by atoms with E-state index in [2.05, 4.69) is 0 Å². The molecule has 0 N–H and O–H groups in total. The van der Waals surface area contributed by atoms with Crippen LogP contribution in [0, 0.1) is 0 Å². The van der Waals surface area contributed by atoms with Crippen molar-refractivity contribution in [2.24, 2.45) is 0 Å². The van der Waals surface area contributed by atoms with Crippen LogP contribution in [-0.2, 0) is 23.8 Å². The monoisotopic (exact) mass is 285 g/mol. The summed E-state index contributed by atoms with van der Waals surface area (Å²) in [5.74, 6) is -0.940. The van der Waals surface area contributed by atoms with Gasteiger partial charge in [0, 0.05) is 6.54 Å². The molecule has 2 heterocycles. The largest absolute Gasteiger partial charge is 0.465 e. The Hall–Kier alpha value is -1.14. The van der Waals surface area contributed by atoms with Crippen LogP contribution < -0.4 is 0 Å². The molecule has 0 radical (unpaired) electrons. The van der Waals surface area contributed by atoms with Crippen molar-refractivity contribution in [2.45, 2.75) is 57.9 Å². The number of hydrogen-bond donors (Lipinski definition) is 0. The highest BCUT2D eigenvalue weighted by molar-refractivity contribution is 5.94. The van der Waals surface area contributed by atoms with E-state index in [4.69, 9.17) is 14.2 Å². The van der Waals surface area contributed by atoms with Gasteiger partial charge in [-0.15, -0.1) is 0 Å². The fourth-order valence-corrected chi connectivity index (χ4v) is 3.13. The van der Waals surface area contributed by atoms with E-state index in [9.17, 15) is 9.59 Å². The first-order chi connectivity index (χ1) is 9.41. The minimum atomic E-state index is -1.33. The summed E-state index contributed by atoms with van der Waals surface area (Å²) in [6, 6.07) is 0. The maximum absolute atomic E-state index is 12.5. The van der Waals surface area contributed by atoms with Gasteiger partial charge in [0.05, 0.1) is 13.2 Å². The molecule has 6 nitrogen and oxygen atoms in total. The number of carbonyl (C=O) groups excluding carboxylic acids is 2. The fraction of sp³-hybridized carbons (Fsp3) is 0.857. The van der Waals surface area contributed by atoms with E-state index in [1.165, 1.54) is 0 Å². The predicted octanol–water partition coefficient (Wildman–Crippen LogP) is 1.08. The predicted molar refractivity (Wildman–Crippen MR) is 70.9 cm³/mol. The molecule has 3 atom stereocenters. The normalized spacial score (nSPS) is 36.7. The highest BCUT2D eigenvalue weighted by atomic mass is 16.6. The van der Waals surface area contributed by atoms with Crippen LogP contribution in [0.4, 0.5) is 0 Å². The first-order valence-electron chi connectivity index (χ1n) is 7.20. The van der Waals surface area contributed by atoms with E-state index in [1.807, 2.05) is 4.90 Å². The second kappa shape index (κ2) is 5.33. The number of nitrogens with zero attached hydrogens (tertiary/aromatic N) is 1. The highest BCUT2D eigenvalue weighted by Gasteiger charge is 2.69. The zero-order chi connectivity index (χ0) is 15.0. The van der Waals surface area contributed by atoms with Crippen molar-refractivity contribution in [3.8, 4) is 0 Å².